The Labute approximate surface area is 205 Å². The summed E-state index contributed by atoms with van der Waals surface area (Å²) in [6.45, 7) is 0. The summed E-state index contributed by atoms with van der Waals surface area (Å²) in [5, 5.41) is -0.392. The van der Waals surface area contributed by atoms with Crippen LogP contribution >= 0.6 is 116 Å². The largest absolute Gasteiger partial charge is 0.348 e. The molecule has 8 atom stereocenters. The van der Waals surface area contributed by atoms with E-state index in [1.165, 1.54) is 7.05 Å². The van der Waals surface area contributed by atoms with Gasteiger partial charge in [0.25, 0.3) is 0 Å². The van der Waals surface area contributed by atoms with Crippen LogP contribution in [-0.4, -0.2) is 43.2 Å². The Morgan fingerprint density at radius 3 is 1.25 bits per heavy atom. The highest BCUT2D eigenvalue weighted by Crippen LogP contribution is 3.03. The third kappa shape index (κ3) is 0.981. The van der Waals surface area contributed by atoms with E-state index in [2.05, 4.69) is 0 Å². The van der Waals surface area contributed by atoms with E-state index in [0.717, 1.165) is 13.9 Å². The van der Waals surface area contributed by atoms with Crippen molar-refractivity contribution in [3.05, 3.63) is 31.0 Å². The first-order chi connectivity index (χ1) is 12.5. The molecule has 15 heteroatoms. The molecule has 152 valence electrons. The standard InChI is InChI=1S/C13H3Cl10N3O2/c1-24-4(27)25-12(22)9(19)6(16)2(14)3(15)7(17)8(6,18)11(12,21)13(23,10(7,9)20)26(25)5(24)28/h1H3/t6-,7-,8?,9-,10+,11?,12-,13-/m0/s1. The van der Waals surface area contributed by atoms with Crippen LogP contribution in [0.1, 0.15) is 0 Å². The van der Waals surface area contributed by atoms with Crippen LogP contribution in [0.15, 0.2) is 19.7 Å². The summed E-state index contributed by atoms with van der Waals surface area (Å²) in [4.78, 5) is 9.01. The minimum Gasteiger partial charge on any atom is -0.246 e. The number of rotatable bonds is 0. The maximum absolute atomic E-state index is 12.9. The first-order valence-electron chi connectivity index (χ1n) is 7.54. The van der Waals surface area contributed by atoms with E-state index in [-0.39, 0.29) is 10.1 Å². The molecule has 1 aromatic heterocycles. The van der Waals surface area contributed by atoms with Gasteiger partial charge in [0.1, 0.15) is 29.2 Å². The number of allylic oxidation sites excluding steroid dienone is 2. The predicted molar refractivity (Wildman–Crippen MR) is 112 cm³/mol. The van der Waals surface area contributed by atoms with Crippen LogP contribution in [0.2, 0.25) is 0 Å². The predicted octanol–water partition coefficient (Wildman–Crippen LogP) is 3.75. The first-order valence-corrected chi connectivity index (χ1v) is 11.3. The second-order valence-electron chi connectivity index (χ2n) is 7.57. The fraction of sp³-hybridized carbons (Fsp3) is 0.692. The van der Waals surface area contributed by atoms with Gasteiger partial charge in [-0.15, -0.1) is 69.6 Å². The van der Waals surface area contributed by atoms with Gasteiger partial charge in [-0.3, -0.25) is 0 Å². The molecular formula is C13H3Cl10N3O2. The number of alkyl halides is 8. The van der Waals surface area contributed by atoms with Gasteiger partial charge in [0.05, 0.1) is 10.1 Å². The molecule has 0 radical (unpaired) electrons. The molecule has 2 heterocycles. The number of aromatic nitrogens is 3. The molecule has 0 saturated heterocycles. The number of hydrogen-bond acceptors (Lipinski definition) is 2. The molecule has 4 fully saturated rings. The Morgan fingerprint density at radius 1 is 0.607 bits per heavy atom. The smallest absolute Gasteiger partial charge is 0.246 e. The lowest BCUT2D eigenvalue weighted by Crippen LogP contribution is -2.74. The maximum Gasteiger partial charge on any atom is 0.348 e. The monoisotopic (exact) mass is 583 g/mol. The lowest BCUT2D eigenvalue weighted by molar-refractivity contribution is 0.189. The van der Waals surface area contributed by atoms with Crippen LogP contribution in [0.4, 0.5) is 0 Å². The number of nitrogens with zero attached hydrogens (tertiary/aromatic N) is 3. The molecule has 0 aromatic carbocycles. The van der Waals surface area contributed by atoms with Gasteiger partial charge in [-0.25, -0.2) is 23.5 Å². The third-order valence-corrected chi connectivity index (χ3v) is 15.7. The quantitative estimate of drug-likeness (QED) is 0.435. The first kappa shape index (κ1) is 20.0. The number of fused-ring (bicyclic) bond motifs is 1. The Kier molecular flexibility index (Phi) is 3.07. The second-order valence-corrected chi connectivity index (χ2v) is 12.8. The van der Waals surface area contributed by atoms with Crippen LogP contribution in [0.3, 0.4) is 0 Å². The van der Waals surface area contributed by atoms with Crippen molar-refractivity contribution in [2.75, 3.05) is 0 Å². The van der Waals surface area contributed by atoms with Crippen molar-refractivity contribution in [2.24, 2.45) is 7.05 Å². The van der Waals surface area contributed by atoms with Gasteiger partial charge in [0, 0.05) is 7.05 Å². The summed E-state index contributed by atoms with van der Waals surface area (Å²) in [6, 6.07) is 0. The van der Waals surface area contributed by atoms with Gasteiger partial charge in [-0.1, -0.05) is 46.4 Å². The Morgan fingerprint density at radius 2 is 0.929 bits per heavy atom. The van der Waals surface area contributed by atoms with Crippen molar-refractivity contribution < 1.29 is 0 Å². The minimum absolute atomic E-state index is 0.196. The fourth-order valence-electron chi connectivity index (χ4n) is 6.29. The van der Waals surface area contributed by atoms with Crippen molar-refractivity contribution in [3.63, 3.8) is 0 Å². The van der Waals surface area contributed by atoms with E-state index >= 15 is 0 Å². The van der Waals surface area contributed by atoms with Crippen LogP contribution in [-0.2, 0) is 17.0 Å². The molecule has 0 N–H and O–H groups in total. The van der Waals surface area contributed by atoms with Crippen molar-refractivity contribution in [1.82, 2.24) is 13.9 Å². The Bertz CT molecular complexity index is 1170. The molecule has 4 saturated carbocycles. The van der Waals surface area contributed by atoms with Gasteiger partial charge in [-0.05, 0) is 0 Å². The molecule has 6 aliphatic rings. The lowest BCUT2D eigenvalue weighted by Gasteiger charge is -2.55. The zero-order valence-electron chi connectivity index (χ0n) is 12.9. The molecule has 0 amide bonds. The molecule has 1 aliphatic heterocycles. The lowest BCUT2D eigenvalue weighted by atomic mass is 9.78. The summed E-state index contributed by atoms with van der Waals surface area (Å²) >= 11 is 69.2. The molecule has 5 aliphatic carbocycles. The minimum atomic E-state index is -2.18. The highest BCUT2D eigenvalue weighted by atomic mass is 35.5. The topological polar surface area (TPSA) is 48.9 Å². The highest BCUT2D eigenvalue weighted by Gasteiger charge is 3.21. The molecule has 2 unspecified atom stereocenters. The van der Waals surface area contributed by atoms with E-state index in [1.54, 1.807) is 0 Å². The fourth-order valence-corrected chi connectivity index (χ4v) is 13.9. The average molecular weight is 588 g/mol. The summed E-state index contributed by atoms with van der Waals surface area (Å²) in [7, 11) is 1.23. The summed E-state index contributed by atoms with van der Waals surface area (Å²) < 4.78 is 2.45. The molecule has 28 heavy (non-hydrogen) atoms. The van der Waals surface area contributed by atoms with Gasteiger partial charge in [-0.2, -0.15) is 0 Å². The van der Waals surface area contributed by atoms with Gasteiger partial charge < -0.3 is 0 Å². The van der Waals surface area contributed by atoms with Gasteiger partial charge in [0.2, 0.25) is 0 Å². The third-order valence-electron chi connectivity index (χ3n) is 7.19. The van der Waals surface area contributed by atoms with Crippen molar-refractivity contribution in [2.45, 2.75) is 39.2 Å². The molecular weight excluding hydrogens is 585 g/mol. The molecule has 8 bridgehead atoms. The number of hydrogen-bond donors (Lipinski definition) is 0. The van der Waals surface area contributed by atoms with Crippen LogP contribution in [0, 0.1) is 0 Å². The van der Waals surface area contributed by atoms with Crippen LogP contribution < -0.4 is 11.4 Å². The summed E-state index contributed by atoms with van der Waals surface area (Å²) in [5.74, 6) is 0. The molecule has 0 spiro atoms. The maximum atomic E-state index is 12.9. The zero-order chi connectivity index (χ0) is 21.0. The van der Waals surface area contributed by atoms with Crippen LogP contribution in [0.5, 0.6) is 0 Å². The van der Waals surface area contributed by atoms with E-state index < -0.39 is 50.6 Å². The number of halogens is 10. The highest BCUT2D eigenvalue weighted by molar-refractivity contribution is 6.71. The Balaban J connectivity index is 1.98. The molecule has 1 aromatic rings. The van der Waals surface area contributed by atoms with Crippen molar-refractivity contribution in [3.8, 4) is 0 Å². The summed E-state index contributed by atoms with van der Waals surface area (Å²) in [6.07, 6.45) is 0. The second kappa shape index (κ2) is 4.30. The van der Waals surface area contributed by atoms with Crippen LogP contribution in [0.25, 0.3) is 0 Å². The van der Waals surface area contributed by atoms with E-state index in [4.69, 9.17) is 116 Å². The van der Waals surface area contributed by atoms with Gasteiger partial charge in [0.15, 0.2) is 10.00 Å². The SMILES string of the molecule is Cn1c(=O)n2n(c1=O)[C@]1(Cl)C3(Cl)C4(Cl)[C@@]5(Cl)C(Cl)=C(Cl)[C@@]4(Cl)[C@@]1(Cl)[C@]5(Cl)[C@]23Cl. The summed E-state index contributed by atoms with van der Waals surface area (Å²) in [5.41, 5.74) is -1.69. The zero-order valence-corrected chi connectivity index (χ0v) is 20.5. The average Bonchev–Trinajstić information content (AvgIpc) is 3.15. The normalized spacial score (nSPS) is 62.0. The van der Waals surface area contributed by atoms with E-state index in [1.807, 2.05) is 0 Å². The van der Waals surface area contributed by atoms with Crippen molar-refractivity contribution >= 4 is 116 Å². The van der Waals surface area contributed by atoms with Crippen molar-refractivity contribution in [1.29, 1.82) is 0 Å². The van der Waals surface area contributed by atoms with Gasteiger partial charge >= 0.3 is 11.4 Å². The Hall–Kier alpha value is 1.38. The van der Waals surface area contributed by atoms with E-state index in [9.17, 15) is 9.59 Å². The molecule has 5 nitrogen and oxygen atoms in total. The van der Waals surface area contributed by atoms with E-state index in [0.29, 0.717) is 0 Å². The molecule has 7 rings (SSSR count).